The fourth-order valence-electron chi connectivity index (χ4n) is 2.95. The molecule has 0 N–H and O–H groups in total. The molecule has 0 aliphatic rings. The molecule has 0 bridgehead atoms. The monoisotopic (exact) mass is 462 g/mol. The van der Waals surface area contributed by atoms with Gasteiger partial charge in [0.1, 0.15) is 6.33 Å². The maximum absolute atomic E-state index is 6.19. The zero-order valence-corrected chi connectivity index (χ0v) is 18.2. The largest absolute Gasteiger partial charge is 0.493 e. The van der Waals surface area contributed by atoms with Crippen LogP contribution < -0.4 is 18.9 Å². The summed E-state index contributed by atoms with van der Waals surface area (Å²) in [7, 11) is 4.58. The molecule has 0 aliphatic carbocycles. The lowest BCUT2D eigenvalue weighted by Gasteiger charge is -2.12. The normalized spacial score (nSPS) is 10.9. The van der Waals surface area contributed by atoms with Crippen molar-refractivity contribution in [2.45, 2.75) is 6.61 Å². The molecule has 2 aromatic heterocycles. The van der Waals surface area contributed by atoms with Crippen LogP contribution in [0.4, 0.5) is 0 Å². The van der Waals surface area contributed by atoms with Gasteiger partial charge in [0.2, 0.25) is 17.5 Å². The number of methoxy groups -OCH3 is 3. The van der Waals surface area contributed by atoms with E-state index in [0.29, 0.717) is 49.6 Å². The maximum Gasteiger partial charge on any atom is 0.254 e. The van der Waals surface area contributed by atoms with Crippen molar-refractivity contribution in [2.75, 3.05) is 21.3 Å². The molecule has 0 aliphatic heterocycles. The van der Waals surface area contributed by atoms with Gasteiger partial charge in [-0.2, -0.15) is 0 Å². The molecular weight excluding hydrogens is 447 g/mol. The average Bonchev–Trinajstić information content (AvgIpc) is 3.25. The van der Waals surface area contributed by atoms with E-state index >= 15 is 0 Å². The van der Waals surface area contributed by atoms with Crippen LogP contribution in [-0.2, 0) is 6.61 Å². The van der Waals surface area contributed by atoms with Gasteiger partial charge < -0.3 is 23.4 Å². The molecule has 0 radical (unpaired) electrons. The lowest BCUT2D eigenvalue weighted by atomic mass is 10.2. The Bertz CT molecular complexity index is 1220. The van der Waals surface area contributed by atoms with Crippen molar-refractivity contribution in [1.29, 1.82) is 0 Å². The van der Waals surface area contributed by atoms with Gasteiger partial charge in [0.05, 0.1) is 37.3 Å². The lowest BCUT2D eigenvalue weighted by Crippen LogP contribution is -1.99. The van der Waals surface area contributed by atoms with E-state index in [0.717, 1.165) is 0 Å². The van der Waals surface area contributed by atoms with Gasteiger partial charge in [0, 0.05) is 10.6 Å². The summed E-state index contributed by atoms with van der Waals surface area (Å²) in [5.74, 6) is 2.19. The van der Waals surface area contributed by atoms with Crippen molar-refractivity contribution in [2.24, 2.45) is 0 Å². The van der Waals surface area contributed by atoms with Crippen LogP contribution in [0.25, 0.3) is 22.4 Å². The molecule has 0 unspecified atom stereocenters. The summed E-state index contributed by atoms with van der Waals surface area (Å²) < 4.78 is 27.5. The third-order valence-corrected chi connectivity index (χ3v) is 4.84. The van der Waals surface area contributed by atoms with Gasteiger partial charge in [0.25, 0.3) is 5.89 Å². The Morgan fingerprint density at radius 1 is 0.903 bits per heavy atom. The number of hydrogen-bond acceptors (Lipinski definition) is 9. The molecule has 11 heteroatoms. The molecule has 4 aromatic rings. The summed E-state index contributed by atoms with van der Waals surface area (Å²) in [5.41, 5.74) is 1.12. The van der Waals surface area contributed by atoms with Gasteiger partial charge in [-0.15, -0.1) is 10.2 Å². The van der Waals surface area contributed by atoms with Crippen LogP contribution in [0, 0.1) is 0 Å². The Morgan fingerprint density at radius 2 is 1.65 bits per heavy atom. The van der Waals surface area contributed by atoms with Crippen LogP contribution in [0.1, 0.15) is 5.89 Å². The van der Waals surface area contributed by atoms with Gasteiger partial charge >= 0.3 is 0 Å². The highest BCUT2D eigenvalue weighted by Gasteiger charge is 2.18. The minimum Gasteiger partial charge on any atom is -0.493 e. The number of benzene rings is 2. The first kappa shape index (κ1) is 21.0. The van der Waals surface area contributed by atoms with Gasteiger partial charge in [0.15, 0.2) is 18.1 Å². The highest BCUT2D eigenvalue weighted by Crippen LogP contribution is 2.41. The summed E-state index contributed by atoms with van der Waals surface area (Å²) in [5, 5.41) is 9.52. The molecule has 0 atom stereocenters. The van der Waals surface area contributed by atoms with Gasteiger partial charge in [-0.05, 0) is 24.3 Å². The molecule has 2 aromatic carbocycles. The molecule has 0 spiro atoms. The number of halogens is 2. The van der Waals surface area contributed by atoms with Crippen molar-refractivity contribution in [3.63, 3.8) is 0 Å². The van der Waals surface area contributed by atoms with Crippen molar-refractivity contribution in [3.8, 4) is 34.6 Å². The minimum atomic E-state index is -0.0202. The van der Waals surface area contributed by atoms with E-state index in [1.54, 1.807) is 24.3 Å². The number of fused-ring (bicyclic) bond motifs is 1. The molecule has 0 saturated carbocycles. The first-order valence-corrected chi connectivity index (χ1v) is 9.65. The third-order valence-electron chi connectivity index (χ3n) is 4.33. The Hall–Kier alpha value is -3.30. The summed E-state index contributed by atoms with van der Waals surface area (Å²) >= 11 is 12.3. The van der Waals surface area contributed by atoms with Gasteiger partial charge in [-0.25, -0.2) is 9.97 Å². The smallest absolute Gasteiger partial charge is 0.254 e. The number of rotatable bonds is 7. The zero-order valence-electron chi connectivity index (χ0n) is 16.7. The first-order valence-electron chi connectivity index (χ1n) is 8.89. The number of nitrogens with zero attached hydrogens (tertiary/aromatic N) is 4. The number of hydrogen-bond donors (Lipinski definition) is 0. The predicted molar refractivity (Wildman–Crippen MR) is 113 cm³/mol. The van der Waals surface area contributed by atoms with E-state index in [1.165, 1.54) is 27.7 Å². The average molecular weight is 463 g/mol. The number of aromatic nitrogens is 4. The Morgan fingerprint density at radius 3 is 2.32 bits per heavy atom. The van der Waals surface area contributed by atoms with Crippen LogP contribution in [0.5, 0.6) is 23.1 Å². The molecule has 160 valence electrons. The lowest BCUT2D eigenvalue weighted by molar-refractivity contribution is 0.258. The summed E-state index contributed by atoms with van der Waals surface area (Å²) in [6, 6.07) is 6.69. The maximum atomic E-state index is 6.19. The van der Waals surface area contributed by atoms with E-state index in [2.05, 4.69) is 20.2 Å². The second-order valence-corrected chi connectivity index (χ2v) is 7.01. The third kappa shape index (κ3) is 4.14. The second-order valence-electron chi connectivity index (χ2n) is 6.17. The predicted octanol–water partition coefficient (Wildman–Crippen LogP) is 4.59. The van der Waals surface area contributed by atoms with E-state index < -0.39 is 0 Å². The van der Waals surface area contributed by atoms with Gasteiger partial charge in [-0.1, -0.05) is 23.2 Å². The quantitative estimate of drug-likeness (QED) is 0.389. The molecular formula is C20H16Cl2N4O5. The van der Waals surface area contributed by atoms with Crippen LogP contribution in [0.2, 0.25) is 10.0 Å². The minimum absolute atomic E-state index is 0.0202. The van der Waals surface area contributed by atoms with E-state index in [-0.39, 0.29) is 18.4 Å². The molecule has 31 heavy (non-hydrogen) atoms. The van der Waals surface area contributed by atoms with E-state index in [1.807, 2.05) is 0 Å². The molecule has 2 heterocycles. The van der Waals surface area contributed by atoms with Crippen LogP contribution in [0.15, 0.2) is 35.0 Å². The zero-order chi connectivity index (χ0) is 22.0. The molecule has 0 saturated heterocycles. The highest BCUT2D eigenvalue weighted by atomic mass is 35.5. The Kier molecular flexibility index (Phi) is 5.97. The van der Waals surface area contributed by atoms with Crippen molar-refractivity contribution >= 4 is 34.1 Å². The van der Waals surface area contributed by atoms with Crippen molar-refractivity contribution in [3.05, 3.63) is 46.5 Å². The topological polar surface area (TPSA) is 102 Å². The fourth-order valence-corrected chi connectivity index (χ4v) is 3.49. The summed E-state index contributed by atoms with van der Waals surface area (Å²) in [6.07, 6.45) is 1.35. The van der Waals surface area contributed by atoms with Crippen LogP contribution in [0.3, 0.4) is 0 Å². The molecule has 0 amide bonds. The molecule has 0 fully saturated rings. The fraction of sp³-hybridized carbons (Fsp3) is 0.200. The van der Waals surface area contributed by atoms with Crippen molar-refractivity contribution in [1.82, 2.24) is 20.2 Å². The standard InChI is InChI=1S/C20H16Cl2N4O5/c1-27-14-4-10(5-15(28-2)18(14)29-3)19-26-25-16(31-19)8-30-20-12-6-11(21)7-13(22)17(12)23-9-24-20/h4-7,9H,8H2,1-3H3. The molecule has 4 rings (SSSR count). The van der Waals surface area contributed by atoms with Crippen LogP contribution in [-0.4, -0.2) is 41.5 Å². The van der Waals surface area contributed by atoms with Crippen LogP contribution >= 0.6 is 23.2 Å². The molecule has 9 nitrogen and oxygen atoms in total. The second kappa shape index (κ2) is 8.83. The van der Waals surface area contributed by atoms with Crippen molar-refractivity contribution < 1.29 is 23.4 Å². The number of ether oxygens (including phenoxy) is 4. The Balaban J connectivity index is 1.59. The van der Waals surface area contributed by atoms with E-state index in [4.69, 9.17) is 46.6 Å². The summed E-state index contributed by atoms with van der Waals surface area (Å²) in [4.78, 5) is 8.31. The first-order chi connectivity index (χ1) is 15.0. The van der Waals surface area contributed by atoms with E-state index in [9.17, 15) is 0 Å². The Labute approximate surface area is 186 Å². The highest BCUT2D eigenvalue weighted by molar-refractivity contribution is 6.38. The summed E-state index contributed by atoms with van der Waals surface area (Å²) in [6.45, 7) is -0.0202. The SMILES string of the molecule is COc1cc(-c2nnc(COc3ncnc4c(Cl)cc(Cl)cc34)o2)cc(OC)c1OC. The van der Waals surface area contributed by atoms with Gasteiger partial charge in [-0.3, -0.25) is 0 Å².